The molecule has 1 aromatic heterocycles. The molecule has 3 rings (SSSR count). The summed E-state index contributed by atoms with van der Waals surface area (Å²) in [5.74, 6) is 0.197. The molecule has 8 heteroatoms. The number of nitrogens with zero attached hydrogens (tertiary/aromatic N) is 3. The molecule has 5 nitrogen and oxygen atoms in total. The molecule has 1 saturated heterocycles. The lowest BCUT2D eigenvalue weighted by atomic mass is 9.85. The highest BCUT2D eigenvalue weighted by molar-refractivity contribution is 5.74. The van der Waals surface area contributed by atoms with Crippen LogP contribution in [0.3, 0.4) is 0 Å². The predicted molar refractivity (Wildman–Crippen MR) is 131 cm³/mol. The molecule has 35 heavy (non-hydrogen) atoms. The Kier molecular flexibility index (Phi) is 8.14. The zero-order valence-electron chi connectivity index (χ0n) is 21.2. The topological polar surface area (TPSA) is 56.7 Å². The first-order valence-corrected chi connectivity index (χ1v) is 12.1. The summed E-state index contributed by atoms with van der Waals surface area (Å²) in [6.45, 7) is 12.8. The summed E-state index contributed by atoms with van der Waals surface area (Å²) in [6, 6.07) is 9.00. The summed E-state index contributed by atoms with van der Waals surface area (Å²) in [4.78, 5) is 20.2. The molecule has 192 valence electrons. The second kappa shape index (κ2) is 10.6. The van der Waals surface area contributed by atoms with Crippen LogP contribution in [0.15, 0.2) is 36.5 Å². The Morgan fingerprint density at radius 1 is 1.14 bits per heavy atom. The minimum Gasteiger partial charge on any atom is -0.481 e. The summed E-state index contributed by atoms with van der Waals surface area (Å²) in [7, 11) is 0. The molecule has 0 unspecified atom stereocenters. The quantitative estimate of drug-likeness (QED) is 0.506. The van der Waals surface area contributed by atoms with Crippen molar-refractivity contribution < 1.29 is 23.1 Å². The van der Waals surface area contributed by atoms with Gasteiger partial charge < -0.3 is 10.0 Å². The lowest BCUT2D eigenvalue weighted by Gasteiger charge is -2.43. The van der Waals surface area contributed by atoms with Gasteiger partial charge in [-0.2, -0.15) is 13.2 Å². The van der Waals surface area contributed by atoms with Gasteiger partial charge >= 0.3 is 12.1 Å². The van der Waals surface area contributed by atoms with Crippen LogP contribution in [0, 0.1) is 18.3 Å². The number of aromatic nitrogens is 1. The maximum atomic E-state index is 13.0. The van der Waals surface area contributed by atoms with Gasteiger partial charge in [0, 0.05) is 38.4 Å². The van der Waals surface area contributed by atoms with Crippen molar-refractivity contribution in [3.8, 4) is 0 Å². The van der Waals surface area contributed by atoms with Gasteiger partial charge in [0.2, 0.25) is 0 Å². The molecule has 1 atom stereocenters. The van der Waals surface area contributed by atoms with Gasteiger partial charge in [0.1, 0.15) is 5.82 Å². The van der Waals surface area contributed by atoms with Crippen LogP contribution < -0.4 is 4.90 Å². The number of hydrogen-bond acceptors (Lipinski definition) is 4. The molecule has 1 aliphatic heterocycles. The molecular formula is C27H36F3N3O2. The van der Waals surface area contributed by atoms with Gasteiger partial charge in [-0.3, -0.25) is 9.69 Å². The second-order valence-electron chi connectivity index (χ2n) is 10.8. The van der Waals surface area contributed by atoms with E-state index < -0.39 is 23.1 Å². The Labute approximate surface area is 206 Å². The van der Waals surface area contributed by atoms with Gasteiger partial charge in [-0.25, -0.2) is 4.98 Å². The SMILES string of the molecule is Cc1cc(CN2CCN(c3ccc(C(F)(F)F)cn3)[C@H](CC(C)C)C2)cc(CC(C)(C)C(=O)O)c1. The first kappa shape index (κ1) is 27.0. The minimum atomic E-state index is -4.39. The van der Waals surface area contributed by atoms with Crippen LogP contribution in [0.1, 0.15) is 56.4 Å². The Balaban J connectivity index is 1.75. The third-order valence-corrected chi connectivity index (χ3v) is 6.51. The Hall–Kier alpha value is -2.61. The van der Waals surface area contributed by atoms with Gasteiger partial charge in [0.25, 0.3) is 0 Å². The van der Waals surface area contributed by atoms with Gasteiger partial charge in [0.15, 0.2) is 0 Å². The number of alkyl halides is 3. The van der Waals surface area contributed by atoms with Crippen LogP contribution in [0.5, 0.6) is 0 Å². The fourth-order valence-corrected chi connectivity index (χ4v) is 4.82. The Morgan fingerprint density at radius 2 is 1.83 bits per heavy atom. The summed E-state index contributed by atoms with van der Waals surface area (Å²) in [5.41, 5.74) is 1.68. The van der Waals surface area contributed by atoms with Crippen molar-refractivity contribution in [1.82, 2.24) is 9.88 Å². The molecule has 0 amide bonds. The van der Waals surface area contributed by atoms with E-state index in [2.05, 4.69) is 40.8 Å². The van der Waals surface area contributed by atoms with E-state index in [0.717, 1.165) is 55.0 Å². The number of anilines is 1. The van der Waals surface area contributed by atoms with Crippen molar-refractivity contribution in [1.29, 1.82) is 0 Å². The molecule has 0 spiro atoms. The van der Waals surface area contributed by atoms with E-state index in [1.165, 1.54) is 6.07 Å². The van der Waals surface area contributed by atoms with Crippen molar-refractivity contribution in [2.45, 2.75) is 66.2 Å². The molecule has 2 heterocycles. The van der Waals surface area contributed by atoms with E-state index in [4.69, 9.17) is 0 Å². The average Bonchev–Trinajstić information content (AvgIpc) is 2.72. The Bertz CT molecular complexity index is 1020. The second-order valence-corrected chi connectivity index (χ2v) is 10.8. The number of carboxylic acid groups (broad SMARTS) is 1. The van der Waals surface area contributed by atoms with Gasteiger partial charge in [0.05, 0.1) is 11.0 Å². The first-order chi connectivity index (χ1) is 16.2. The van der Waals surface area contributed by atoms with Gasteiger partial charge in [-0.05, 0) is 62.8 Å². The first-order valence-electron chi connectivity index (χ1n) is 12.1. The van der Waals surface area contributed by atoms with Gasteiger partial charge in [-0.1, -0.05) is 37.6 Å². The third-order valence-electron chi connectivity index (χ3n) is 6.51. The predicted octanol–water partition coefficient (Wildman–Crippen LogP) is 5.80. The standard InChI is InChI=1S/C27H36F3N3O2/c1-18(2)10-23-17-32(8-9-33(23)24-7-6-22(15-31-24)27(28,29)30)16-21-12-19(3)11-20(13-21)14-26(4,5)25(34)35/h6-7,11-13,15,18,23H,8-10,14,16-17H2,1-5H3,(H,34,35)/t23-/m1/s1. The number of rotatable bonds is 8. The molecule has 0 saturated carbocycles. The maximum absolute atomic E-state index is 13.0. The highest BCUT2D eigenvalue weighted by Crippen LogP contribution is 2.31. The normalized spacial score (nSPS) is 17.7. The Morgan fingerprint density at radius 3 is 2.40 bits per heavy atom. The number of carboxylic acids is 1. The highest BCUT2D eigenvalue weighted by atomic mass is 19.4. The fourth-order valence-electron chi connectivity index (χ4n) is 4.82. The van der Waals surface area contributed by atoms with Crippen LogP contribution in [0.25, 0.3) is 0 Å². The fraction of sp³-hybridized carbons (Fsp3) is 0.556. The van der Waals surface area contributed by atoms with E-state index in [1.54, 1.807) is 13.8 Å². The molecule has 1 aromatic carbocycles. The number of piperazine rings is 1. The molecule has 0 radical (unpaired) electrons. The summed E-state index contributed by atoms with van der Waals surface area (Å²) in [5, 5.41) is 9.50. The third kappa shape index (κ3) is 7.19. The number of halogens is 3. The average molecular weight is 492 g/mol. The molecule has 0 aliphatic carbocycles. The van der Waals surface area contributed by atoms with Crippen LogP contribution >= 0.6 is 0 Å². The molecule has 1 aliphatic rings. The largest absolute Gasteiger partial charge is 0.481 e. The van der Waals surface area contributed by atoms with E-state index in [9.17, 15) is 23.1 Å². The highest BCUT2D eigenvalue weighted by Gasteiger charge is 2.33. The monoisotopic (exact) mass is 491 g/mol. The van der Waals surface area contributed by atoms with Crippen LogP contribution in [-0.2, 0) is 23.9 Å². The molecular weight excluding hydrogens is 455 g/mol. The summed E-state index contributed by atoms with van der Waals surface area (Å²) >= 11 is 0. The zero-order chi connectivity index (χ0) is 26.0. The van der Waals surface area contributed by atoms with Crippen LogP contribution in [0.4, 0.5) is 19.0 Å². The number of pyridine rings is 1. The van der Waals surface area contributed by atoms with Crippen molar-refractivity contribution in [2.75, 3.05) is 24.5 Å². The minimum absolute atomic E-state index is 0.142. The number of aliphatic carboxylic acids is 1. The summed E-state index contributed by atoms with van der Waals surface area (Å²) < 4.78 is 38.9. The molecule has 1 N–H and O–H groups in total. The van der Waals surface area contributed by atoms with E-state index in [-0.39, 0.29) is 6.04 Å². The zero-order valence-corrected chi connectivity index (χ0v) is 21.2. The number of hydrogen-bond donors (Lipinski definition) is 1. The number of carbonyl (C=O) groups is 1. The van der Waals surface area contributed by atoms with Gasteiger partial charge in [-0.15, -0.1) is 0 Å². The van der Waals surface area contributed by atoms with Crippen LogP contribution in [-0.4, -0.2) is 46.6 Å². The van der Waals surface area contributed by atoms with Crippen molar-refractivity contribution >= 4 is 11.8 Å². The molecule has 1 fully saturated rings. The van der Waals surface area contributed by atoms with E-state index >= 15 is 0 Å². The van der Waals surface area contributed by atoms with Crippen LogP contribution in [0.2, 0.25) is 0 Å². The lowest BCUT2D eigenvalue weighted by Crippen LogP contribution is -2.53. The molecule has 2 aromatic rings. The van der Waals surface area contributed by atoms with E-state index in [0.29, 0.717) is 24.7 Å². The molecule has 0 bridgehead atoms. The van der Waals surface area contributed by atoms with Crippen molar-refractivity contribution in [3.63, 3.8) is 0 Å². The van der Waals surface area contributed by atoms with Crippen molar-refractivity contribution in [3.05, 3.63) is 58.8 Å². The van der Waals surface area contributed by atoms with Crippen molar-refractivity contribution in [2.24, 2.45) is 11.3 Å². The number of benzene rings is 1. The maximum Gasteiger partial charge on any atom is 0.417 e. The number of aryl methyl sites for hydroxylation is 1. The van der Waals surface area contributed by atoms with E-state index in [1.807, 2.05) is 13.0 Å². The smallest absolute Gasteiger partial charge is 0.417 e. The summed E-state index contributed by atoms with van der Waals surface area (Å²) in [6.07, 6.45) is -2.11. The lowest BCUT2D eigenvalue weighted by molar-refractivity contribution is -0.146.